The van der Waals surface area contributed by atoms with Crippen molar-refractivity contribution >= 4 is 11.8 Å². The minimum Gasteiger partial charge on any atom is -0.456 e. The van der Waals surface area contributed by atoms with Crippen molar-refractivity contribution in [3.05, 3.63) is 11.1 Å². The molecule has 0 atom stereocenters. The quantitative estimate of drug-likeness (QED) is 0.274. The molecule has 25 heavy (non-hydrogen) atoms. The number of allylic oxidation sites excluding steroid dienone is 1. The molecular weight excluding hydrogens is 312 g/mol. The molecule has 142 valence electrons. The van der Waals surface area contributed by atoms with E-state index in [4.69, 9.17) is 4.74 Å². The van der Waals surface area contributed by atoms with Crippen LogP contribution in [0.15, 0.2) is 11.1 Å². The van der Waals surface area contributed by atoms with E-state index in [1.54, 1.807) is 0 Å². The van der Waals surface area contributed by atoms with Crippen LogP contribution in [0, 0.1) is 11.8 Å². The molecule has 2 aliphatic carbocycles. The Morgan fingerprint density at radius 1 is 0.840 bits per heavy atom. The Kier molecular flexibility index (Phi) is 7.27. The topological polar surface area (TPSA) is 43.4 Å². The summed E-state index contributed by atoms with van der Waals surface area (Å²) in [5, 5.41) is 0. The molecule has 0 unspecified atom stereocenters. The van der Waals surface area contributed by atoms with Crippen LogP contribution in [0.3, 0.4) is 0 Å². The van der Waals surface area contributed by atoms with Crippen molar-refractivity contribution in [3.8, 4) is 0 Å². The SMILES string of the molecule is CCC(=O)C(C(=O)OC(C)(C)C)=C(C1CCCCC1)C1CCCCC1. The lowest BCUT2D eigenvalue weighted by atomic mass is 9.71. The molecule has 0 saturated heterocycles. The van der Waals surface area contributed by atoms with Gasteiger partial charge in [0.05, 0.1) is 0 Å². The molecule has 0 heterocycles. The van der Waals surface area contributed by atoms with E-state index >= 15 is 0 Å². The second-order valence-corrected chi connectivity index (χ2v) is 8.78. The second-order valence-electron chi connectivity index (χ2n) is 8.78. The molecule has 0 spiro atoms. The summed E-state index contributed by atoms with van der Waals surface area (Å²) in [7, 11) is 0. The fraction of sp³-hybridized carbons (Fsp3) is 0.818. The summed E-state index contributed by atoms with van der Waals surface area (Å²) in [4.78, 5) is 25.8. The van der Waals surface area contributed by atoms with Gasteiger partial charge in [-0.1, -0.05) is 45.4 Å². The van der Waals surface area contributed by atoms with Gasteiger partial charge in [-0.05, 0) is 63.9 Å². The highest BCUT2D eigenvalue weighted by molar-refractivity contribution is 6.18. The van der Waals surface area contributed by atoms with Gasteiger partial charge < -0.3 is 4.74 Å². The maximum absolute atomic E-state index is 13.0. The van der Waals surface area contributed by atoms with Gasteiger partial charge in [-0.3, -0.25) is 4.79 Å². The lowest BCUT2D eigenvalue weighted by Gasteiger charge is -2.34. The van der Waals surface area contributed by atoms with E-state index in [0.29, 0.717) is 23.8 Å². The highest BCUT2D eigenvalue weighted by Crippen LogP contribution is 2.42. The van der Waals surface area contributed by atoms with Crippen molar-refractivity contribution in [1.82, 2.24) is 0 Å². The molecule has 3 heteroatoms. The summed E-state index contributed by atoms with van der Waals surface area (Å²) in [5.41, 5.74) is 1.01. The fourth-order valence-corrected chi connectivity index (χ4v) is 4.47. The number of ether oxygens (including phenoxy) is 1. The predicted octanol–water partition coefficient (Wildman–Crippen LogP) is 5.76. The molecule has 2 aliphatic rings. The Balaban J connectivity index is 2.46. The number of Topliss-reactive ketones (excluding diaryl/α,β-unsaturated/α-hetero) is 1. The minimum absolute atomic E-state index is 0.0274. The predicted molar refractivity (Wildman–Crippen MR) is 101 cm³/mol. The summed E-state index contributed by atoms with van der Waals surface area (Å²) in [6.45, 7) is 7.48. The maximum Gasteiger partial charge on any atom is 0.342 e. The van der Waals surface area contributed by atoms with Crippen LogP contribution in [-0.2, 0) is 14.3 Å². The molecule has 0 aromatic carbocycles. The van der Waals surface area contributed by atoms with Crippen LogP contribution in [0.25, 0.3) is 0 Å². The van der Waals surface area contributed by atoms with E-state index in [0.717, 1.165) is 25.7 Å². The van der Waals surface area contributed by atoms with E-state index in [1.807, 2.05) is 27.7 Å². The summed E-state index contributed by atoms with van der Waals surface area (Å²) in [6, 6.07) is 0. The van der Waals surface area contributed by atoms with Gasteiger partial charge in [0.25, 0.3) is 0 Å². The summed E-state index contributed by atoms with van der Waals surface area (Å²) >= 11 is 0. The van der Waals surface area contributed by atoms with E-state index in [-0.39, 0.29) is 11.8 Å². The van der Waals surface area contributed by atoms with E-state index in [2.05, 4.69) is 0 Å². The van der Waals surface area contributed by atoms with Crippen molar-refractivity contribution in [2.24, 2.45) is 11.8 Å². The molecule has 0 amide bonds. The Hall–Kier alpha value is -1.12. The molecule has 0 N–H and O–H groups in total. The van der Waals surface area contributed by atoms with Crippen molar-refractivity contribution in [2.45, 2.75) is 104 Å². The smallest absolute Gasteiger partial charge is 0.342 e. The molecule has 2 rings (SSSR count). The lowest BCUT2D eigenvalue weighted by Crippen LogP contribution is -2.31. The Morgan fingerprint density at radius 3 is 1.64 bits per heavy atom. The number of hydrogen-bond acceptors (Lipinski definition) is 3. The molecule has 0 bridgehead atoms. The molecule has 0 radical (unpaired) electrons. The molecule has 2 fully saturated rings. The van der Waals surface area contributed by atoms with Crippen molar-refractivity contribution < 1.29 is 14.3 Å². The second kappa shape index (κ2) is 9.00. The summed E-state index contributed by atoms with van der Waals surface area (Å²) in [5.74, 6) is 0.385. The number of rotatable bonds is 5. The normalized spacial score (nSPS) is 20.2. The average molecular weight is 349 g/mol. The van der Waals surface area contributed by atoms with Crippen LogP contribution in [0.5, 0.6) is 0 Å². The molecule has 0 aromatic rings. The average Bonchev–Trinajstić information content (AvgIpc) is 2.58. The van der Waals surface area contributed by atoms with Gasteiger partial charge in [-0.25, -0.2) is 4.79 Å². The third kappa shape index (κ3) is 5.69. The van der Waals surface area contributed by atoms with Gasteiger partial charge in [0.2, 0.25) is 0 Å². The number of hydrogen-bond donors (Lipinski definition) is 0. The van der Waals surface area contributed by atoms with E-state index in [1.165, 1.54) is 44.1 Å². The number of ketones is 1. The molecule has 0 aliphatic heterocycles. The minimum atomic E-state index is -0.569. The van der Waals surface area contributed by atoms with Crippen LogP contribution in [0.1, 0.15) is 98.3 Å². The molecule has 0 aromatic heterocycles. The van der Waals surface area contributed by atoms with Gasteiger partial charge in [0.1, 0.15) is 11.2 Å². The third-order valence-electron chi connectivity index (χ3n) is 5.58. The number of carbonyl (C=O) groups excluding carboxylic acids is 2. The fourth-order valence-electron chi connectivity index (χ4n) is 4.47. The van der Waals surface area contributed by atoms with Crippen LogP contribution in [-0.4, -0.2) is 17.4 Å². The first-order valence-electron chi connectivity index (χ1n) is 10.3. The Bertz CT molecular complexity index is 478. The van der Waals surface area contributed by atoms with Gasteiger partial charge in [-0.15, -0.1) is 0 Å². The van der Waals surface area contributed by atoms with Crippen molar-refractivity contribution in [3.63, 3.8) is 0 Å². The first-order chi connectivity index (χ1) is 11.8. The highest BCUT2D eigenvalue weighted by atomic mass is 16.6. The summed E-state index contributed by atoms with van der Waals surface area (Å²) < 4.78 is 5.67. The van der Waals surface area contributed by atoms with Gasteiger partial charge in [-0.2, -0.15) is 0 Å². The molecule has 3 nitrogen and oxygen atoms in total. The zero-order chi connectivity index (χ0) is 18.4. The van der Waals surface area contributed by atoms with Gasteiger partial charge >= 0.3 is 5.97 Å². The van der Waals surface area contributed by atoms with Crippen molar-refractivity contribution in [2.75, 3.05) is 0 Å². The van der Waals surface area contributed by atoms with Gasteiger partial charge in [0, 0.05) is 6.42 Å². The lowest BCUT2D eigenvalue weighted by molar-refractivity contribution is -0.151. The Morgan fingerprint density at radius 2 is 1.28 bits per heavy atom. The van der Waals surface area contributed by atoms with Crippen molar-refractivity contribution in [1.29, 1.82) is 0 Å². The zero-order valence-electron chi connectivity index (χ0n) is 16.7. The van der Waals surface area contributed by atoms with Gasteiger partial charge in [0.15, 0.2) is 5.78 Å². The van der Waals surface area contributed by atoms with Crippen LogP contribution in [0.4, 0.5) is 0 Å². The third-order valence-corrected chi connectivity index (χ3v) is 5.58. The van der Waals surface area contributed by atoms with Crippen LogP contribution >= 0.6 is 0 Å². The number of esters is 1. The Labute approximate surface area is 153 Å². The standard InChI is InChI=1S/C22H36O3/c1-5-18(23)20(21(24)25-22(2,3)4)19(16-12-8-6-9-13-16)17-14-10-7-11-15-17/h16-17H,5-15H2,1-4H3. The van der Waals surface area contributed by atoms with E-state index in [9.17, 15) is 9.59 Å². The zero-order valence-corrected chi connectivity index (χ0v) is 16.7. The monoisotopic (exact) mass is 348 g/mol. The first kappa shape index (κ1) is 20.2. The van der Waals surface area contributed by atoms with Crippen LogP contribution in [0.2, 0.25) is 0 Å². The van der Waals surface area contributed by atoms with E-state index < -0.39 is 5.60 Å². The first-order valence-corrected chi connectivity index (χ1v) is 10.3. The summed E-state index contributed by atoms with van der Waals surface area (Å²) in [6.07, 6.45) is 12.2. The maximum atomic E-state index is 13.0. The largest absolute Gasteiger partial charge is 0.456 e. The van der Waals surface area contributed by atoms with Crippen LogP contribution < -0.4 is 0 Å². The molecular formula is C22H36O3. The highest BCUT2D eigenvalue weighted by Gasteiger charge is 2.35. The molecule has 2 saturated carbocycles. The number of carbonyl (C=O) groups is 2.